The number of halogens is 3. The molecular weight excluding hydrogens is 847 g/mol. The van der Waals surface area contributed by atoms with Gasteiger partial charge < -0.3 is 39.4 Å². The smallest absolute Gasteiger partial charge is 0.346 e. The number of carbonyl (C=O) groups is 4. The number of fused-ring (bicyclic) bond motifs is 3. The van der Waals surface area contributed by atoms with Gasteiger partial charge in [0.15, 0.2) is 23.4 Å². The van der Waals surface area contributed by atoms with Crippen molar-refractivity contribution in [2.45, 2.75) is 129 Å². The number of aliphatic hydroxyl groups is 2. The topological polar surface area (TPSA) is 174 Å². The number of amides is 1. The number of nitrogens with zero attached hydrogens (tertiary/aromatic N) is 1. The molecule has 2 fully saturated rings. The van der Waals surface area contributed by atoms with Gasteiger partial charge in [0.1, 0.15) is 16.4 Å². The second-order valence-electron chi connectivity index (χ2n) is 18.3. The number of nitrogens with one attached hydrogen (secondary N) is 1. The van der Waals surface area contributed by atoms with Crippen LogP contribution in [-0.4, -0.2) is 79.8 Å². The second-order valence-corrected chi connectivity index (χ2v) is 19.4. The molecule has 13 unspecified atom stereocenters. The first-order valence-electron chi connectivity index (χ1n) is 21.4. The van der Waals surface area contributed by atoms with Gasteiger partial charge in [0.2, 0.25) is 0 Å². The highest BCUT2D eigenvalue weighted by molar-refractivity contribution is 6.49. The number of ether oxygens (including phenoxy) is 3. The van der Waals surface area contributed by atoms with Gasteiger partial charge in [-0.1, -0.05) is 97.6 Å². The Morgan fingerprint density at radius 2 is 1.79 bits per heavy atom. The van der Waals surface area contributed by atoms with Crippen molar-refractivity contribution < 1.29 is 48.7 Å². The molecule has 1 saturated carbocycles. The molecule has 1 aromatic rings. The Bertz CT molecular complexity index is 2120. The molecule has 2 bridgehead atoms. The number of ketones is 1. The van der Waals surface area contributed by atoms with E-state index in [4.69, 9.17) is 49.0 Å². The molecule has 12 nitrogen and oxygen atoms in total. The van der Waals surface area contributed by atoms with Crippen molar-refractivity contribution in [2.24, 2.45) is 47.5 Å². The normalized spacial score (nSPS) is 40.2. The van der Waals surface area contributed by atoms with Crippen LogP contribution >= 0.6 is 34.8 Å². The molecule has 1 amide bonds. The first-order chi connectivity index (χ1) is 28.8. The summed E-state index contributed by atoms with van der Waals surface area (Å²) in [5, 5.41) is 37.2. The summed E-state index contributed by atoms with van der Waals surface area (Å²) in [4.78, 5) is 55.9. The van der Waals surface area contributed by atoms with Crippen LogP contribution in [0.2, 0.25) is 15.2 Å². The number of hydrogen-bond acceptors (Lipinski definition) is 9. The molecule has 61 heavy (non-hydrogen) atoms. The van der Waals surface area contributed by atoms with E-state index in [9.17, 15) is 29.7 Å². The summed E-state index contributed by atoms with van der Waals surface area (Å²) in [6.45, 7) is 11.3. The molecule has 3 heterocycles. The summed E-state index contributed by atoms with van der Waals surface area (Å²) in [6, 6.07) is -0.809. The van der Waals surface area contributed by atoms with Gasteiger partial charge in [0.05, 0.1) is 39.8 Å². The van der Waals surface area contributed by atoms with Crippen molar-refractivity contribution in [3.8, 4) is 0 Å². The second kappa shape index (κ2) is 17.0. The number of aliphatic hydroxyl groups excluding tert-OH is 2. The molecule has 13 atom stereocenters. The summed E-state index contributed by atoms with van der Waals surface area (Å²) in [5.74, 6) is -4.91. The number of rotatable bonds is 7. The first kappa shape index (κ1) is 45.6. The van der Waals surface area contributed by atoms with Crippen LogP contribution in [-0.2, 0) is 35.6 Å². The molecule has 0 radical (unpaired) electrons. The number of aromatic nitrogens is 1. The van der Waals surface area contributed by atoms with Gasteiger partial charge in [-0.2, -0.15) is 0 Å². The van der Waals surface area contributed by atoms with Gasteiger partial charge in [-0.05, 0) is 83.0 Å². The van der Waals surface area contributed by atoms with E-state index in [0.717, 1.165) is 5.57 Å². The third-order valence-electron chi connectivity index (χ3n) is 14.9. The average Bonchev–Trinajstić information content (AvgIpc) is 3.57. The van der Waals surface area contributed by atoms with Gasteiger partial charge in [0.25, 0.3) is 5.91 Å². The Kier molecular flexibility index (Phi) is 12.7. The molecular formula is C46H57Cl3N2O10. The molecule has 7 rings (SSSR count). The van der Waals surface area contributed by atoms with E-state index in [0.29, 0.717) is 38.5 Å². The molecule has 332 valence electrons. The lowest BCUT2D eigenvalue weighted by atomic mass is 9.50. The Hall–Kier alpha value is -3.39. The third-order valence-corrected chi connectivity index (χ3v) is 16.3. The molecule has 1 aromatic heterocycles. The SMILES string of the molecule is CCC1CC23OC(=O)C(=C2O)C(=O)C2(CC)C(C=CC4C(OC5CC(O)C(NC(=O)c6c(Cl)c(Cl)c(Cl)n6C)C(C)O5)C(C)CCC42)C/C=C/C/C(C)=C/C3(C)C=C1C(=O)O. The summed E-state index contributed by atoms with van der Waals surface area (Å²) >= 11 is 18.7. The quantitative estimate of drug-likeness (QED) is 0.118. The minimum atomic E-state index is -1.69. The maximum absolute atomic E-state index is 15.6. The summed E-state index contributed by atoms with van der Waals surface area (Å²) in [7, 11) is 1.56. The van der Waals surface area contributed by atoms with E-state index in [2.05, 4.69) is 36.5 Å². The van der Waals surface area contributed by atoms with Gasteiger partial charge in [-0.15, -0.1) is 0 Å². The van der Waals surface area contributed by atoms with E-state index in [1.165, 1.54) is 4.57 Å². The van der Waals surface area contributed by atoms with Gasteiger partial charge in [0, 0.05) is 36.8 Å². The minimum Gasteiger partial charge on any atom is -0.507 e. The van der Waals surface area contributed by atoms with Crippen molar-refractivity contribution in [2.75, 3.05) is 0 Å². The standard InChI is InChI=1S/C46H57Cl3N2O10/c1-8-25-20-46-39(54)32(43(58)61-46)38(53)45(9-2)26(13-11-10-12-22(3)19-44(46,6)21-28(25)42(56)57)15-16-27-29(45)17-14-23(4)37(27)60-31-18-30(52)35(24(5)59-31)50-41(55)36-33(47)34(48)40(49)51(36)7/h10-11,15-16,19,21,23-27,29-31,35,37,52,54H,8-9,12-14,17-18,20H2,1-7H3,(H,50,55)(H,56,57)/b11-10+,22-19+. The molecule has 15 heteroatoms. The number of hydrogen-bond donors (Lipinski definition) is 4. The maximum atomic E-state index is 15.6. The van der Waals surface area contributed by atoms with Crippen LogP contribution < -0.4 is 5.32 Å². The minimum absolute atomic E-state index is 0.00115. The lowest BCUT2D eigenvalue weighted by Crippen LogP contribution is -2.59. The summed E-state index contributed by atoms with van der Waals surface area (Å²) in [6.07, 6.45) is 12.0. The molecule has 1 saturated heterocycles. The Morgan fingerprint density at radius 3 is 2.41 bits per heavy atom. The fourth-order valence-electron chi connectivity index (χ4n) is 11.6. The number of allylic oxidation sites excluding steroid dienone is 4. The van der Waals surface area contributed by atoms with Crippen LogP contribution in [0.4, 0.5) is 0 Å². The first-order valence-corrected chi connectivity index (χ1v) is 22.6. The van der Waals surface area contributed by atoms with Crippen molar-refractivity contribution in [1.82, 2.24) is 9.88 Å². The highest BCUT2D eigenvalue weighted by atomic mass is 35.5. The van der Waals surface area contributed by atoms with Crippen LogP contribution in [0.15, 0.2) is 58.9 Å². The zero-order valence-electron chi connectivity index (χ0n) is 35.7. The van der Waals surface area contributed by atoms with Crippen LogP contribution in [0, 0.1) is 40.4 Å². The number of esters is 1. The maximum Gasteiger partial charge on any atom is 0.346 e. The summed E-state index contributed by atoms with van der Waals surface area (Å²) in [5.41, 5.74) is -3.33. The summed E-state index contributed by atoms with van der Waals surface area (Å²) < 4.78 is 20.8. The van der Waals surface area contributed by atoms with E-state index in [1.54, 1.807) is 27.0 Å². The highest BCUT2D eigenvalue weighted by Gasteiger charge is 2.66. The molecule has 4 N–H and O–H groups in total. The van der Waals surface area contributed by atoms with Crippen molar-refractivity contribution in [3.05, 3.63) is 79.8 Å². The zero-order valence-corrected chi connectivity index (χ0v) is 37.9. The highest BCUT2D eigenvalue weighted by Crippen LogP contribution is 2.61. The van der Waals surface area contributed by atoms with Crippen molar-refractivity contribution >= 4 is 58.4 Å². The van der Waals surface area contributed by atoms with E-state index in [1.807, 2.05) is 26.8 Å². The predicted molar refractivity (Wildman–Crippen MR) is 230 cm³/mol. The molecule has 1 spiro atoms. The van der Waals surface area contributed by atoms with Crippen LogP contribution in [0.3, 0.4) is 0 Å². The monoisotopic (exact) mass is 902 g/mol. The average molecular weight is 904 g/mol. The van der Waals surface area contributed by atoms with Crippen molar-refractivity contribution in [3.63, 3.8) is 0 Å². The predicted octanol–water partition coefficient (Wildman–Crippen LogP) is 8.63. The number of Topliss-reactive ketones (excluding diaryl/α,β-unsaturated/α-hetero) is 1. The van der Waals surface area contributed by atoms with E-state index < -0.39 is 82.4 Å². The van der Waals surface area contributed by atoms with Gasteiger partial charge >= 0.3 is 11.9 Å². The zero-order chi connectivity index (χ0) is 44.5. The van der Waals surface area contributed by atoms with Crippen molar-refractivity contribution in [1.29, 1.82) is 0 Å². The molecule has 2 aliphatic heterocycles. The lowest BCUT2D eigenvalue weighted by Gasteiger charge is -2.54. The van der Waals surface area contributed by atoms with E-state index >= 15 is 4.79 Å². The number of carboxylic acids is 1. The van der Waals surface area contributed by atoms with Crippen LogP contribution in [0.5, 0.6) is 0 Å². The Labute approximate surface area is 372 Å². The van der Waals surface area contributed by atoms with E-state index in [-0.39, 0.29) is 68.6 Å². The van der Waals surface area contributed by atoms with Gasteiger partial charge in [-0.3, -0.25) is 9.59 Å². The van der Waals surface area contributed by atoms with Gasteiger partial charge in [-0.25, -0.2) is 9.59 Å². The Balaban J connectivity index is 1.21. The number of aliphatic carboxylic acids is 1. The fraction of sp³-hybridized carbons (Fsp3) is 0.609. The van der Waals surface area contributed by atoms with Crippen LogP contribution in [0.1, 0.15) is 103 Å². The molecule has 6 aliphatic rings. The molecule has 0 aromatic carbocycles. The largest absolute Gasteiger partial charge is 0.507 e. The molecule has 4 aliphatic carbocycles. The fourth-order valence-corrected chi connectivity index (χ4v) is 12.4. The Morgan fingerprint density at radius 1 is 1.07 bits per heavy atom. The number of carboxylic acid groups (broad SMARTS) is 1. The number of carbonyl (C=O) groups excluding carboxylic acids is 3. The third kappa shape index (κ3) is 7.34. The van der Waals surface area contributed by atoms with Crippen LogP contribution in [0.25, 0.3) is 0 Å². The lowest BCUT2D eigenvalue weighted by molar-refractivity contribution is -0.257.